The summed E-state index contributed by atoms with van der Waals surface area (Å²) >= 11 is 0. The predicted molar refractivity (Wildman–Crippen MR) is 70.9 cm³/mol. The average Bonchev–Trinajstić information content (AvgIpc) is 3.22. The van der Waals surface area contributed by atoms with Gasteiger partial charge in [-0.3, -0.25) is 9.78 Å². The molecule has 0 spiro atoms. The molecule has 1 saturated carbocycles. The van der Waals surface area contributed by atoms with Gasteiger partial charge in [0.2, 0.25) is 5.91 Å². The highest BCUT2D eigenvalue weighted by Crippen LogP contribution is 2.31. The van der Waals surface area contributed by atoms with Crippen LogP contribution in [0.5, 0.6) is 0 Å². The molecule has 3 rings (SSSR count). The molecular weight excluding hydrogens is 224 g/mol. The molecule has 0 saturated heterocycles. The fourth-order valence-electron chi connectivity index (χ4n) is 2.28. The normalized spacial score (nSPS) is 14.7. The monoisotopic (exact) mass is 240 g/mol. The van der Waals surface area contributed by atoms with Gasteiger partial charge in [-0.2, -0.15) is 0 Å². The van der Waals surface area contributed by atoms with Crippen LogP contribution >= 0.6 is 0 Å². The Kier molecular flexibility index (Phi) is 2.74. The number of aromatic nitrogens is 1. The summed E-state index contributed by atoms with van der Waals surface area (Å²) in [5.74, 6) is 0.555. The second kappa shape index (κ2) is 4.41. The number of pyridine rings is 1. The van der Waals surface area contributed by atoms with Gasteiger partial charge in [0.15, 0.2) is 0 Å². The van der Waals surface area contributed by atoms with Crippen LogP contribution in [-0.2, 0) is 11.3 Å². The molecule has 0 unspecified atom stereocenters. The molecule has 0 aliphatic heterocycles. The van der Waals surface area contributed by atoms with Crippen molar-refractivity contribution in [3.05, 3.63) is 42.1 Å². The zero-order valence-electron chi connectivity index (χ0n) is 10.5. The first-order valence-electron chi connectivity index (χ1n) is 6.33. The molecule has 1 heterocycles. The van der Waals surface area contributed by atoms with Gasteiger partial charge >= 0.3 is 0 Å². The van der Waals surface area contributed by atoms with Crippen molar-refractivity contribution in [2.45, 2.75) is 19.4 Å². The van der Waals surface area contributed by atoms with Gasteiger partial charge in [-0.1, -0.05) is 18.2 Å². The number of fused-ring (bicyclic) bond motifs is 1. The van der Waals surface area contributed by atoms with Crippen molar-refractivity contribution in [3.63, 3.8) is 0 Å². The fourth-order valence-corrected chi connectivity index (χ4v) is 2.28. The van der Waals surface area contributed by atoms with E-state index in [9.17, 15) is 4.79 Å². The third-order valence-corrected chi connectivity index (χ3v) is 3.45. The van der Waals surface area contributed by atoms with E-state index in [-0.39, 0.29) is 11.8 Å². The van der Waals surface area contributed by atoms with Gasteiger partial charge in [-0.25, -0.2) is 0 Å². The highest BCUT2D eigenvalue weighted by molar-refractivity contribution is 5.84. The van der Waals surface area contributed by atoms with Gasteiger partial charge in [0.1, 0.15) is 0 Å². The SMILES string of the molecule is CN(Cc1cccc2ncccc12)C(=O)C1CC1. The van der Waals surface area contributed by atoms with E-state index in [1.807, 2.05) is 30.1 Å². The van der Waals surface area contributed by atoms with Crippen molar-refractivity contribution in [1.82, 2.24) is 9.88 Å². The van der Waals surface area contributed by atoms with Crippen LogP contribution in [-0.4, -0.2) is 22.8 Å². The topological polar surface area (TPSA) is 33.2 Å². The molecule has 1 aliphatic rings. The van der Waals surface area contributed by atoms with Crippen molar-refractivity contribution in [3.8, 4) is 0 Å². The minimum atomic E-state index is 0.274. The van der Waals surface area contributed by atoms with Crippen LogP contribution in [0.15, 0.2) is 36.5 Å². The summed E-state index contributed by atoms with van der Waals surface area (Å²) in [4.78, 5) is 18.1. The Morgan fingerprint density at radius 3 is 2.94 bits per heavy atom. The molecule has 0 N–H and O–H groups in total. The first-order chi connectivity index (χ1) is 8.75. The summed E-state index contributed by atoms with van der Waals surface area (Å²) in [5, 5.41) is 1.13. The molecule has 18 heavy (non-hydrogen) atoms. The molecular formula is C15H16N2O. The lowest BCUT2D eigenvalue weighted by molar-refractivity contribution is -0.131. The molecule has 2 aromatic rings. The van der Waals surface area contributed by atoms with E-state index >= 15 is 0 Å². The molecule has 92 valence electrons. The van der Waals surface area contributed by atoms with Gasteiger partial charge in [0.05, 0.1) is 5.52 Å². The number of hydrogen-bond donors (Lipinski definition) is 0. The number of carbonyl (C=O) groups excluding carboxylic acids is 1. The lowest BCUT2D eigenvalue weighted by Crippen LogP contribution is -2.27. The van der Waals surface area contributed by atoms with Gasteiger partial charge in [-0.15, -0.1) is 0 Å². The Morgan fingerprint density at radius 2 is 2.17 bits per heavy atom. The summed E-state index contributed by atoms with van der Waals surface area (Å²) < 4.78 is 0. The molecule has 3 heteroatoms. The van der Waals surface area contributed by atoms with Crippen molar-refractivity contribution in [2.75, 3.05) is 7.05 Å². The van der Waals surface area contributed by atoms with Crippen molar-refractivity contribution in [1.29, 1.82) is 0 Å². The van der Waals surface area contributed by atoms with E-state index in [0.717, 1.165) is 29.3 Å². The standard InChI is InChI=1S/C15H16N2O/c1-17(15(18)11-7-8-11)10-12-4-2-6-14-13(12)5-3-9-16-14/h2-6,9,11H,7-8,10H2,1H3. The molecule has 1 aromatic carbocycles. The van der Waals surface area contributed by atoms with Gasteiger partial charge in [0, 0.05) is 31.1 Å². The number of carbonyl (C=O) groups is 1. The number of benzene rings is 1. The van der Waals surface area contributed by atoms with E-state index in [1.54, 1.807) is 6.20 Å². The van der Waals surface area contributed by atoms with Gasteiger partial charge in [-0.05, 0) is 30.5 Å². The van der Waals surface area contributed by atoms with Crippen LogP contribution in [0.4, 0.5) is 0 Å². The van der Waals surface area contributed by atoms with E-state index in [4.69, 9.17) is 0 Å². The van der Waals surface area contributed by atoms with Crippen LogP contribution in [0, 0.1) is 5.92 Å². The fraction of sp³-hybridized carbons (Fsp3) is 0.333. The Morgan fingerprint density at radius 1 is 1.33 bits per heavy atom. The molecule has 3 nitrogen and oxygen atoms in total. The zero-order chi connectivity index (χ0) is 12.5. The Bertz CT molecular complexity index is 585. The molecule has 1 aliphatic carbocycles. The maximum absolute atomic E-state index is 12.0. The summed E-state index contributed by atoms with van der Waals surface area (Å²) in [6, 6.07) is 10.1. The summed E-state index contributed by atoms with van der Waals surface area (Å²) in [7, 11) is 1.88. The molecule has 0 atom stereocenters. The molecule has 1 fully saturated rings. The van der Waals surface area contributed by atoms with Crippen LogP contribution in [0.2, 0.25) is 0 Å². The number of amides is 1. The zero-order valence-corrected chi connectivity index (χ0v) is 10.5. The van der Waals surface area contributed by atoms with Crippen molar-refractivity contribution in [2.24, 2.45) is 5.92 Å². The van der Waals surface area contributed by atoms with E-state index in [1.165, 1.54) is 0 Å². The second-order valence-corrected chi connectivity index (χ2v) is 4.96. The Labute approximate surface area is 106 Å². The van der Waals surface area contributed by atoms with Crippen LogP contribution in [0.3, 0.4) is 0 Å². The second-order valence-electron chi connectivity index (χ2n) is 4.96. The van der Waals surface area contributed by atoms with E-state index in [0.29, 0.717) is 6.54 Å². The molecule has 1 amide bonds. The minimum absolute atomic E-state index is 0.274. The van der Waals surface area contributed by atoms with Crippen LogP contribution in [0.1, 0.15) is 18.4 Å². The lowest BCUT2D eigenvalue weighted by atomic mass is 10.1. The van der Waals surface area contributed by atoms with Crippen molar-refractivity contribution >= 4 is 16.8 Å². The number of hydrogen-bond acceptors (Lipinski definition) is 2. The summed E-state index contributed by atoms with van der Waals surface area (Å²) in [6.07, 6.45) is 3.91. The van der Waals surface area contributed by atoms with E-state index in [2.05, 4.69) is 17.1 Å². The third kappa shape index (κ3) is 2.08. The largest absolute Gasteiger partial charge is 0.341 e. The van der Waals surface area contributed by atoms with Crippen molar-refractivity contribution < 1.29 is 4.79 Å². The quantitative estimate of drug-likeness (QED) is 0.826. The number of rotatable bonds is 3. The summed E-state index contributed by atoms with van der Waals surface area (Å²) in [6.45, 7) is 0.665. The first-order valence-corrected chi connectivity index (χ1v) is 6.33. The lowest BCUT2D eigenvalue weighted by Gasteiger charge is -2.18. The van der Waals surface area contributed by atoms with Gasteiger partial charge < -0.3 is 4.90 Å². The summed E-state index contributed by atoms with van der Waals surface area (Å²) in [5.41, 5.74) is 2.15. The Hall–Kier alpha value is -1.90. The smallest absolute Gasteiger partial charge is 0.225 e. The van der Waals surface area contributed by atoms with Crippen LogP contribution in [0.25, 0.3) is 10.9 Å². The molecule has 0 bridgehead atoms. The third-order valence-electron chi connectivity index (χ3n) is 3.45. The van der Waals surface area contributed by atoms with Crippen LogP contribution < -0.4 is 0 Å². The first kappa shape index (κ1) is 11.2. The maximum atomic E-state index is 12.0. The predicted octanol–water partition coefficient (Wildman–Crippen LogP) is 2.60. The molecule has 1 aromatic heterocycles. The number of nitrogens with zero attached hydrogens (tertiary/aromatic N) is 2. The average molecular weight is 240 g/mol. The van der Waals surface area contributed by atoms with Gasteiger partial charge in [0.25, 0.3) is 0 Å². The molecule has 0 radical (unpaired) electrons. The maximum Gasteiger partial charge on any atom is 0.225 e. The highest BCUT2D eigenvalue weighted by atomic mass is 16.2. The van der Waals surface area contributed by atoms with E-state index < -0.39 is 0 Å². The highest BCUT2D eigenvalue weighted by Gasteiger charge is 2.31. The Balaban J connectivity index is 1.87. The minimum Gasteiger partial charge on any atom is -0.341 e.